The average molecular weight is 419 g/mol. The van der Waals surface area contributed by atoms with Gasteiger partial charge < -0.3 is 15.2 Å². The molecule has 8 heteroatoms. The maximum atomic E-state index is 14.2. The van der Waals surface area contributed by atoms with E-state index in [9.17, 15) is 13.6 Å². The van der Waals surface area contributed by atoms with Crippen molar-refractivity contribution in [3.63, 3.8) is 0 Å². The SMILES string of the molecule is Cn1cc(-c2ccc(N3CCC(c4cc(F)ccc4F)C3=O)cc2)c2c(N)ncnc21. The van der Waals surface area contributed by atoms with Gasteiger partial charge in [-0.1, -0.05) is 12.1 Å². The first-order valence-electron chi connectivity index (χ1n) is 9.86. The van der Waals surface area contributed by atoms with Gasteiger partial charge in [-0.25, -0.2) is 18.7 Å². The van der Waals surface area contributed by atoms with Gasteiger partial charge in [-0.05, 0) is 42.3 Å². The summed E-state index contributed by atoms with van der Waals surface area (Å²) in [5, 5.41) is 0.775. The van der Waals surface area contributed by atoms with E-state index in [2.05, 4.69) is 9.97 Å². The Balaban J connectivity index is 1.45. The number of anilines is 2. The normalized spacial score (nSPS) is 16.4. The molecule has 6 nitrogen and oxygen atoms in total. The van der Waals surface area contributed by atoms with Crippen molar-refractivity contribution in [2.24, 2.45) is 7.05 Å². The number of hydrogen-bond donors (Lipinski definition) is 1. The van der Waals surface area contributed by atoms with E-state index in [1.165, 1.54) is 6.33 Å². The molecule has 3 heterocycles. The van der Waals surface area contributed by atoms with Gasteiger partial charge in [0.15, 0.2) is 0 Å². The van der Waals surface area contributed by atoms with E-state index < -0.39 is 17.6 Å². The number of fused-ring (bicyclic) bond motifs is 1. The summed E-state index contributed by atoms with van der Waals surface area (Å²) in [4.78, 5) is 22.9. The van der Waals surface area contributed by atoms with E-state index in [-0.39, 0.29) is 11.5 Å². The van der Waals surface area contributed by atoms with Gasteiger partial charge in [0.1, 0.15) is 29.4 Å². The third-order valence-electron chi connectivity index (χ3n) is 5.81. The first kappa shape index (κ1) is 19.2. The molecule has 1 amide bonds. The zero-order valence-electron chi connectivity index (χ0n) is 16.7. The Hall–Kier alpha value is -3.81. The Bertz CT molecular complexity index is 1320. The molecule has 0 spiro atoms. The fourth-order valence-electron chi connectivity index (χ4n) is 4.28. The van der Waals surface area contributed by atoms with Crippen molar-refractivity contribution >= 4 is 28.4 Å². The molecule has 2 N–H and O–H groups in total. The second-order valence-electron chi connectivity index (χ2n) is 7.66. The molecule has 2 aromatic heterocycles. The van der Waals surface area contributed by atoms with Crippen LogP contribution in [0.3, 0.4) is 0 Å². The zero-order valence-corrected chi connectivity index (χ0v) is 16.7. The number of nitrogens with zero attached hydrogens (tertiary/aromatic N) is 4. The van der Waals surface area contributed by atoms with Crippen LogP contribution < -0.4 is 10.6 Å². The first-order chi connectivity index (χ1) is 14.9. The molecule has 0 radical (unpaired) electrons. The number of carbonyl (C=O) groups excluding carboxylic acids is 1. The summed E-state index contributed by atoms with van der Waals surface area (Å²) in [6.45, 7) is 0.438. The number of benzene rings is 2. The quantitative estimate of drug-likeness (QED) is 0.544. The summed E-state index contributed by atoms with van der Waals surface area (Å²) >= 11 is 0. The Labute approximate surface area is 176 Å². The number of rotatable bonds is 3. The molecule has 31 heavy (non-hydrogen) atoms. The molecule has 1 aliphatic rings. The number of aromatic nitrogens is 3. The molecule has 5 rings (SSSR count). The summed E-state index contributed by atoms with van der Waals surface area (Å²) in [6, 6.07) is 10.7. The van der Waals surface area contributed by atoms with Gasteiger partial charge in [-0.2, -0.15) is 0 Å². The van der Waals surface area contributed by atoms with Crippen molar-refractivity contribution in [3.8, 4) is 11.1 Å². The average Bonchev–Trinajstić information content (AvgIpc) is 3.31. The number of halogens is 2. The lowest BCUT2D eigenvalue weighted by molar-refractivity contribution is -0.118. The maximum absolute atomic E-state index is 14.2. The second kappa shape index (κ2) is 7.16. The molecule has 1 saturated heterocycles. The lowest BCUT2D eigenvalue weighted by atomic mass is 9.97. The van der Waals surface area contributed by atoms with Gasteiger partial charge in [0, 0.05) is 36.6 Å². The molecule has 156 valence electrons. The van der Waals surface area contributed by atoms with E-state index in [0.717, 1.165) is 40.4 Å². The van der Waals surface area contributed by atoms with Crippen LogP contribution in [-0.2, 0) is 11.8 Å². The van der Waals surface area contributed by atoms with Crippen molar-refractivity contribution in [1.29, 1.82) is 0 Å². The summed E-state index contributed by atoms with van der Waals surface area (Å²) in [5.41, 5.74) is 9.43. The molecular weight excluding hydrogens is 400 g/mol. The smallest absolute Gasteiger partial charge is 0.234 e. The summed E-state index contributed by atoms with van der Waals surface area (Å²) in [7, 11) is 1.89. The van der Waals surface area contributed by atoms with Crippen LogP contribution >= 0.6 is 0 Å². The van der Waals surface area contributed by atoms with Crippen molar-refractivity contribution in [1.82, 2.24) is 14.5 Å². The Morgan fingerprint density at radius 3 is 2.65 bits per heavy atom. The third kappa shape index (κ3) is 3.11. The first-order valence-corrected chi connectivity index (χ1v) is 9.86. The zero-order chi connectivity index (χ0) is 21.7. The number of hydrogen-bond acceptors (Lipinski definition) is 4. The lowest BCUT2D eigenvalue weighted by Gasteiger charge is -2.18. The van der Waals surface area contributed by atoms with E-state index in [4.69, 9.17) is 5.73 Å². The fourth-order valence-corrected chi connectivity index (χ4v) is 4.28. The van der Waals surface area contributed by atoms with Gasteiger partial charge in [0.2, 0.25) is 5.91 Å². The molecule has 1 atom stereocenters. The van der Waals surface area contributed by atoms with E-state index in [1.54, 1.807) is 4.90 Å². The highest BCUT2D eigenvalue weighted by Gasteiger charge is 2.35. The van der Waals surface area contributed by atoms with Gasteiger partial charge in [-0.15, -0.1) is 0 Å². The number of carbonyl (C=O) groups is 1. The lowest BCUT2D eigenvalue weighted by Crippen LogP contribution is -2.26. The minimum atomic E-state index is -0.689. The standard InChI is InChI=1S/C23H19F2N5O/c1-29-11-18(20-21(26)27-12-28-22(20)29)13-2-5-15(6-3-13)30-9-8-16(23(30)31)17-10-14(24)4-7-19(17)25/h2-7,10-12,16H,8-9H2,1H3,(H2,26,27,28). The van der Waals surface area contributed by atoms with Crippen LogP contribution in [-0.4, -0.2) is 27.0 Å². The fraction of sp³-hybridized carbons (Fsp3) is 0.174. The molecule has 1 aliphatic heterocycles. The number of nitrogens with two attached hydrogens (primary N) is 1. The van der Waals surface area contributed by atoms with E-state index in [1.807, 2.05) is 42.1 Å². The predicted octanol–water partition coefficient (Wildman–Crippen LogP) is 4.02. The van der Waals surface area contributed by atoms with Crippen molar-refractivity contribution in [2.75, 3.05) is 17.2 Å². The highest BCUT2D eigenvalue weighted by atomic mass is 19.1. The van der Waals surface area contributed by atoms with Crippen LogP contribution in [0.25, 0.3) is 22.2 Å². The maximum Gasteiger partial charge on any atom is 0.234 e. The molecule has 0 saturated carbocycles. The molecule has 4 aromatic rings. The van der Waals surface area contributed by atoms with Crippen LogP contribution in [0, 0.1) is 11.6 Å². The monoisotopic (exact) mass is 419 g/mol. The number of amides is 1. The minimum absolute atomic E-state index is 0.107. The summed E-state index contributed by atoms with van der Waals surface area (Å²) < 4.78 is 29.6. The second-order valence-corrected chi connectivity index (χ2v) is 7.66. The number of aryl methyl sites for hydroxylation is 1. The summed E-state index contributed by atoms with van der Waals surface area (Å²) in [5.74, 6) is -1.64. The molecular formula is C23H19F2N5O. The molecule has 2 aromatic carbocycles. The summed E-state index contributed by atoms with van der Waals surface area (Å²) in [6.07, 6.45) is 3.80. The van der Waals surface area contributed by atoms with Gasteiger partial charge in [0.05, 0.1) is 11.3 Å². The van der Waals surface area contributed by atoms with E-state index in [0.29, 0.717) is 24.5 Å². The van der Waals surface area contributed by atoms with Gasteiger partial charge in [0.25, 0.3) is 0 Å². The molecule has 0 bridgehead atoms. The minimum Gasteiger partial charge on any atom is -0.383 e. The van der Waals surface area contributed by atoms with Crippen LogP contribution in [0.15, 0.2) is 55.0 Å². The largest absolute Gasteiger partial charge is 0.383 e. The molecule has 1 fully saturated rings. The van der Waals surface area contributed by atoms with Crippen LogP contribution in [0.1, 0.15) is 17.9 Å². The highest BCUT2D eigenvalue weighted by molar-refractivity contribution is 6.02. The van der Waals surface area contributed by atoms with Crippen LogP contribution in [0.5, 0.6) is 0 Å². The van der Waals surface area contributed by atoms with Crippen LogP contribution in [0.4, 0.5) is 20.3 Å². The third-order valence-corrected chi connectivity index (χ3v) is 5.81. The highest BCUT2D eigenvalue weighted by Crippen LogP contribution is 2.36. The Kier molecular flexibility index (Phi) is 4.43. The van der Waals surface area contributed by atoms with E-state index >= 15 is 0 Å². The topological polar surface area (TPSA) is 77.0 Å². The number of nitrogen functional groups attached to an aromatic ring is 1. The van der Waals surface area contributed by atoms with Crippen molar-refractivity contribution < 1.29 is 13.6 Å². The van der Waals surface area contributed by atoms with Gasteiger partial charge >= 0.3 is 0 Å². The van der Waals surface area contributed by atoms with Crippen molar-refractivity contribution in [3.05, 3.63) is 72.2 Å². The van der Waals surface area contributed by atoms with Gasteiger partial charge in [-0.3, -0.25) is 4.79 Å². The Morgan fingerprint density at radius 2 is 1.87 bits per heavy atom. The molecule has 1 unspecified atom stereocenters. The van der Waals surface area contributed by atoms with Crippen LogP contribution in [0.2, 0.25) is 0 Å². The van der Waals surface area contributed by atoms with Crippen molar-refractivity contribution in [2.45, 2.75) is 12.3 Å². The molecule has 0 aliphatic carbocycles. The predicted molar refractivity (Wildman–Crippen MR) is 114 cm³/mol. The Morgan fingerprint density at radius 1 is 1.10 bits per heavy atom.